The molecule has 6 nitrogen and oxygen atoms in total. The summed E-state index contributed by atoms with van der Waals surface area (Å²) in [6, 6.07) is 8.41. The van der Waals surface area contributed by atoms with E-state index in [9.17, 15) is 9.59 Å². The highest BCUT2D eigenvalue weighted by molar-refractivity contribution is 5.96. The lowest BCUT2D eigenvalue weighted by Crippen LogP contribution is -2.51. The van der Waals surface area contributed by atoms with E-state index in [1.165, 1.54) is 0 Å². The Morgan fingerprint density at radius 1 is 1.12 bits per heavy atom. The predicted octanol–water partition coefficient (Wildman–Crippen LogP) is 2.29. The lowest BCUT2D eigenvalue weighted by atomic mass is 10.0. The summed E-state index contributed by atoms with van der Waals surface area (Å²) in [5.74, 6) is -0.0421. The summed E-state index contributed by atoms with van der Waals surface area (Å²) in [6.45, 7) is 8.08. The summed E-state index contributed by atoms with van der Waals surface area (Å²) in [5.41, 5.74) is 6.51. The van der Waals surface area contributed by atoms with Crippen molar-refractivity contribution in [1.29, 1.82) is 0 Å². The molecule has 0 fully saturated rings. The number of furan rings is 1. The molecule has 0 aliphatic carbocycles. The summed E-state index contributed by atoms with van der Waals surface area (Å²) in [6.07, 6.45) is 0. The second kappa shape index (κ2) is 8.16. The zero-order chi connectivity index (χ0) is 18.6. The Morgan fingerprint density at radius 2 is 1.80 bits per heavy atom. The molecule has 0 aliphatic heterocycles. The van der Waals surface area contributed by atoms with E-state index < -0.39 is 6.04 Å². The van der Waals surface area contributed by atoms with Crippen molar-refractivity contribution in [2.45, 2.75) is 39.8 Å². The SMILES string of the molecule is CC(C)C(N)C(=O)NC[C@@H](NC(=O)c1cc2ccccc2o1)C(C)C. The lowest BCUT2D eigenvalue weighted by Gasteiger charge is -2.24. The first-order valence-corrected chi connectivity index (χ1v) is 8.62. The molecule has 25 heavy (non-hydrogen) atoms. The average molecular weight is 345 g/mol. The summed E-state index contributed by atoms with van der Waals surface area (Å²) < 4.78 is 5.59. The predicted molar refractivity (Wildman–Crippen MR) is 98.1 cm³/mol. The molecular weight excluding hydrogens is 318 g/mol. The normalized spacial score (nSPS) is 13.9. The van der Waals surface area contributed by atoms with Crippen LogP contribution in [-0.2, 0) is 4.79 Å². The number of rotatable bonds is 7. The van der Waals surface area contributed by atoms with Gasteiger partial charge in [0.1, 0.15) is 5.58 Å². The first-order chi connectivity index (χ1) is 11.8. The molecule has 0 aliphatic rings. The number of hydrogen-bond donors (Lipinski definition) is 3. The number of carbonyl (C=O) groups is 2. The Hall–Kier alpha value is -2.34. The largest absolute Gasteiger partial charge is 0.451 e. The van der Waals surface area contributed by atoms with Gasteiger partial charge in [-0.3, -0.25) is 9.59 Å². The number of nitrogens with one attached hydrogen (secondary N) is 2. The van der Waals surface area contributed by atoms with Crippen molar-refractivity contribution < 1.29 is 14.0 Å². The highest BCUT2D eigenvalue weighted by Gasteiger charge is 2.22. The van der Waals surface area contributed by atoms with Gasteiger partial charge >= 0.3 is 0 Å². The van der Waals surface area contributed by atoms with Crippen LogP contribution >= 0.6 is 0 Å². The zero-order valence-corrected chi connectivity index (χ0v) is 15.2. The van der Waals surface area contributed by atoms with Crippen LogP contribution in [0.25, 0.3) is 11.0 Å². The number of benzene rings is 1. The Labute approximate surface area is 148 Å². The van der Waals surface area contributed by atoms with Crippen molar-refractivity contribution in [3.8, 4) is 0 Å². The van der Waals surface area contributed by atoms with Gasteiger partial charge in [0.2, 0.25) is 5.91 Å². The molecule has 1 aromatic carbocycles. The molecule has 4 N–H and O–H groups in total. The number of nitrogens with two attached hydrogens (primary N) is 1. The van der Waals surface area contributed by atoms with Crippen LogP contribution in [0.4, 0.5) is 0 Å². The third kappa shape index (κ3) is 4.82. The van der Waals surface area contributed by atoms with E-state index in [2.05, 4.69) is 10.6 Å². The molecule has 136 valence electrons. The molecule has 0 saturated carbocycles. The molecule has 1 unspecified atom stereocenters. The van der Waals surface area contributed by atoms with E-state index >= 15 is 0 Å². The van der Waals surface area contributed by atoms with Crippen molar-refractivity contribution in [2.75, 3.05) is 6.54 Å². The molecule has 2 amide bonds. The monoisotopic (exact) mass is 345 g/mol. The van der Waals surface area contributed by atoms with Crippen LogP contribution in [0.3, 0.4) is 0 Å². The third-order valence-corrected chi connectivity index (χ3v) is 4.29. The Balaban J connectivity index is 2.00. The molecule has 1 heterocycles. The zero-order valence-electron chi connectivity index (χ0n) is 15.2. The molecule has 2 atom stereocenters. The van der Waals surface area contributed by atoms with Gasteiger partial charge < -0.3 is 20.8 Å². The minimum absolute atomic E-state index is 0.0580. The van der Waals surface area contributed by atoms with Gasteiger partial charge in [0.05, 0.1) is 6.04 Å². The maximum absolute atomic E-state index is 12.5. The van der Waals surface area contributed by atoms with Crippen molar-refractivity contribution in [2.24, 2.45) is 17.6 Å². The summed E-state index contributed by atoms with van der Waals surface area (Å²) in [4.78, 5) is 24.5. The van der Waals surface area contributed by atoms with E-state index in [4.69, 9.17) is 10.2 Å². The van der Waals surface area contributed by atoms with Gasteiger partial charge in [-0.05, 0) is 24.0 Å². The minimum Gasteiger partial charge on any atom is -0.451 e. The quantitative estimate of drug-likeness (QED) is 0.717. The first kappa shape index (κ1) is 19.0. The molecule has 2 rings (SSSR count). The van der Waals surface area contributed by atoms with E-state index in [0.717, 1.165) is 5.39 Å². The lowest BCUT2D eigenvalue weighted by molar-refractivity contribution is -0.123. The van der Waals surface area contributed by atoms with E-state index in [1.807, 2.05) is 52.0 Å². The topological polar surface area (TPSA) is 97.4 Å². The van der Waals surface area contributed by atoms with Crippen LogP contribution in [0.5, 0.6) is 0 Å². The van der Waals surface area contributed by atoms with E-state index in [-0.39, 0.29) is 35.5 Å². The highest BCUT2D eigenvalue weighted by atomic mass is 16.3. The number of fused-ring (bicyclic) bond motifs is 1. The van der Waals surface area contributed by atoms with Gasteiger partial charge in [-0.25, -0.2) is 0 Å². The van der Waals surface area contributed by atoms with E-state index in [1.54, 1.807) is 6.07 Å². The molecule has 2 aromatic rings. The third-order valence-electron chi connectivity index (χ3n) is 4.29. The fraction of sp³-hybridized carbons (Fsp3) is 0.474. The highest BCUT2D eigenvalue weighted by Crippen LogP contribution is 2.19. The molecule has 6 heteroatoms. The Bertz CT molecular complexity index is 703. The molecular formula is C19H27N3O3. The van der Waals surface area contributed by atoms with Crippen LogP contribution in [0.2, 0.25) is 0 Å². The van der Waals surface area contributed by atoms with Gasteiger partial charge in [0.15, 0.2) is 5.76 Å². The smallest absolute Gasteiger partial charge is 0.287 e. The van der Waals surface area contributed by atoms with Crippen LogP contribution in [0.15, 0.2) is 34.7 Å². The van der Waals surface area contributed by atoms with Crippen molar-refractivity contribution in [3.05, 3.63) is 36.1 Å². The fourth-order valence-corrected chi connectivity index (χ4v) is 2.42. The van der Waals surface area contributed by atoms with Crippen molar-refractivity contribution in [3.63, 3.8) is 0 Å². The molecule has 0 spiro atoms. The summed E-state index contributed by atoms with van der Waals surface area (Å²) >= 11 is 0. The van der Waals surface area contributed by atoms with Gasteiger partial charge in [-0.2, -0.15) is 0 Å². The Kier molecular flexibility index (Phi) is 6.20. The van der Waals surface area contributed by atoms with Crippen LogP contribution in [0, 0.1) is 11.8 Å². The molecule has 1 aromatic heterocycles. The Morgan fingerprint density at radius 3 is 2.40 bits per heavy atom. The first-order valence-electron chi connectivity index (χ1n) is 8.62. The minimum atomic E-state index is -0.557. The second-order valence-electron chi connectivity index (χ2n) is 6.99. The maximum Gasteiger partial charge on any atom is 0.287 e. The van der Waals surface area contributed by atoms with Gasteiger partial charge in [0.25, 0.3) is 5.91 Å². The van der Waals surface area contributed by atoms with Crippen molar-refractivity contribution in [1.82, 2.24) is 10.6 Å². The van der Waals surface area contributed by atoms with Gasteiger partial charge in [-0.1, -0.05) is 45.9 Å². The van der Waals surface area contributed by atoms with Crippen molar-refractivity contribution >= 4 is 22.8 Å². The average Bonchev–Trinajstić information content (AvgIpc) is 3.01. The number of amides is 2. The van der Waals surface area contributed by atoms with Gasteiger partial charge in [-0.15, -0.1) is 0 Å². The molecule has 0 bridgehead atoms. The maximum atomic E-state index is 12.5. The molecule has 0 saturated heterocycles. The van der Waals surface area contributed by atoms with E-state index in [0.29, 0.717) is 12.1 Å². The fourth-order valence-electron chi connectivity index (χ4n) is 2.42. The number of hydrogen-bond acceptors (Lipinski definition) is 4. The standard InChI is InChI=1S/C19H27N3O3/c1-11(2)14(10-21-19(24)17(20)12(3)4)22-18(23)16-9-13-7-5-6-8-15(13)25-16/h5-9,11-12,14,17H,10,20H2,1-4H3,(H,21,24)(H,22,23)/t14-,17?/m1/s1. The molecule has 0 radical (unpaired) electrons. The second-order valence-corrected chi connectivity index (χ2v) is 6.99. The van der Waals surface area contributed by atoms with Crippen LogP contribution in [-0.4, -0.2) is 30.4 Å². The number of carbonyl (C=O) groups excluding carboxylic acids is 2. The summed E-state index contributed by atoms with van der Waals surface area (Å²) in [5, 5.41) is 6.63. The van der Waals surface area contributed by atoms with Gasteiger partial charge in [0, 0.05) is 18.0 Å². The van der Waals surface area contributed by atoms with Crippen LogP contribution in [0.1, 0.15) is 38.2 Å². The number of para-hydroxylation sites is 1. The van der Waals surface area contributed by atoms with Crippen LogP contribution < -0.4 is 16.4 Å². The summed E-state index contributed by atoms with van der Waals surface area (Å²) in [7, 11) is 0.